The summed E-state index contributed by atoms with van der Waals surface area (Å²) >= 11 is 1.78. The van der Waals surface area contributed by atoms with Gasteiger partial charge in [0.1, 0.15) is 6.61 Å². The van der Waals surface area contributed by atoms with Crippen LogP contribution in [0.2, 0.25) is 0 Å². The molecule has 2 N–H and O–H groups in total. The molecule has 2 aromatic heterocycles. The van der Waals surface area contributed by atoms with E-state index in [2.05, 4.69) is 52.0 Å². The Balaban J connectivity index is 1.79. The monoisotopic (exact) mass is 376 g/mol. The number of nitrogens with zero attached hydrogens (tertiary/aromatic N) is 2. The highest BCUT2D eigenvalue weighted by Gasteiger charge is 2.21. The van der Waals surface area contributed by atoms with Crippen molar-refractivity contribution in [2.24, 2.45) is 4.99 Å². The van der Waals surface area contributed by atoms with Gasteiger partial charge in [-0.3, -0.25) is 4.99 Å². The first-order chi connectivity index (χ1) is 12.5. The zero-order chi connectivity index (χ0) is 18.8. The molecular weight excluding hydrogens is 348 g/mol. The first-order valence-electron chi connectivity index (χ1n) is 8.60. The van der Waals surface area contributed by atoms with Crippen LogP contribution in [-0.2, 0) is 16.7 Å². The molecule has 0 aliphatic carbocycles. The van der Waals surface area contributed by atoms with Gasteiger partial charge in [-0.15, -0.1) is 11.3 Å². The molecule has 0 spiro atoms. The number of aromatic nitrogens is 1. The van der Waals surface area contributed by atoms with Crippen LogP contribution in [0.25, 0.3) is 0 Å². The molecule has 26 heavy (non-hydrogen) atoms. The van der Waals surface area contributed by atoms with E-state index in [-0.39, 0.29) is 5.41 Å². The number of rotatable bonds is 9. The van der Waals surface area contributed by atoms with Crippen molar-refractivity contribution in [2.75, 3.05) is 33.9 Å². The normalized spacial score (nSPS) is 12.1. The number of hydrogen-bond acceptors (Lipinski definition) is 5. The summed E-state index contributed by atoms with van der Waals surface area (Å²) in [6.45, 7) is 6.95. The molecule has 0 saturated carbocycles. The van der Waals surface area contributed by atoms with Crippen molar-refractivity contribution >= 4 is 17.3 Å². The summed E-state index contributed by atoms with van der Waals surface area (Å²) in [5.74, 6) is 1.38. The lowest BCUT2D eigenvalue weighted by Crippen LogP contribution is -2.42. The lowest BCUT2D eigenvalue weighted by molar-refractivity contribution is 0.143. The second-order valence-electron chi connectivity index (χ2n) is 6.49. The number of guanidine groups is 1. The van der Waals surface area contributed by atoms with E-state index >= 15 is 0 Å². The number of methoxy groups -OCH3 is 1. The lowest BCUT2D eigenvalue weighted by atomic mass is 9.91. The minimum Gasteiger partial charge on any atom is -0.475 e. The van der Waals surface area contributed by atoms with Gasteiger partial charge in [0.05, 0.1) is 6.61 Å². The van der Waals surface area contributed by atoms with Crippen molar-refractivity contribution in [3.63, 3.8) is 0 Å². The SMILES string of the molecule is CN=C(NCc1ccc(OCCOC)nc1)NCC(C)(C)c1cccs1. The van der Waals surface area contributed by atoms with Crippen molar-refractivity contribution in [3.05, 3.63) is 46.3 Å². The Hall–Kier alpha value is -2.12. The van der Waals surface area contributed by atoms with E-state index in [1.54, 1.807) is 31.7 Å². The van der Waals surface area contributed by atoms with Gasteiger partial charge >= 0.3 is 0 Å². The minimum atomic E-state index is 0.0501. The molecule has 0 unspecified atom stereocenters. The molecule has 0 aliphatic heterocycles. The van der Waals surface area contributed by atoms with Crippen LogP contribution in [0.3, 0.4) is 0 Å². The maximum atomic E-state index is 5.47. The average molecular weight is 377 g/mol. The van der Waals surface area contributed by atoms with Gasteiger partial charge in [0.25, 0.3) is 0 Å². The third kappa shape index (κ3) is 6.31. The molecule has 0 amide bonds. The fraction of sp³-hybridized carbons (Fsp3) is 0.474. The van der Waals surface area contributed by atoms with Crippen LogP contribution >= 0.6 is 11.3 Å². The molecule has 0 atom stereocenters. The Morgan fingerprint density at radius 2 is 2.08 bits per heavy atom. The minimum absolute atomic E-state index is 0.0501. The molecule has 142 valence electrons. The van der Waals surface area contributed by atoms with E-state index in [1.165, 1.54) is 4.88 Å². The maximum Gasteiger partial charge on any atom is 0.213 e. The third-order valence-electron chi connectivity index (χ3n) is 3.90. The van der Waals surface area contributed by atoms with Crippen LogP contribution in [0.1, 0.15) is 24.3 Å². The quantitative estimate of drug-likeness (QED) is 0.400. The molecule has 0 fully saturated rings. The second-order valence-corrected chi connectivity index (χ2v) is 7.43. The molecule has 0 aliphatic rings. The van der Waals surface area contributed by atoms with Crippen LogP contribution in [0.4, 0.5) is 0 Å². The number of hydrogen-bond donors (Lipinski definition) is 2. The van der Waals surface area contributed by atoms with Crippen molar-refractivity contribution in [1.82, 2.24) is 15.6 Å². The molecule has 0 aromatic carbocycles. The molecule has 2 aromatic rings. The second kappa shape index (κ2) is 10.1. The zero-order valence-corrected chi connectivity index (χ0v) is 16.7. The first kappa shape index (κ1) is 20.2. The number of pyridine rings is 1. The van der Waals surface area contributed by atoms with Crippen molar-refractivity contribution in [3.8, 4) is 5.88 Å². The van der Waals surface area contributed by atoms with Gasteiger partial charge in [-0.05, 0) is 17.0 Å². The Kier molecular flexibility index (Phi) is 7.87. The molecule has 2 rings (SSSR count). The number of nitrogens with one attached hydrogen (secondary N) is 2. The standard InChI is InChI=1S/C19H28N4O2S/c1-19(2,16-6-5-11-26-16)14-23-18(20-3)22-13-15-7-8-17(21-12-15)25-10-9-24-4/h5-8,11-12H,9-10,13-14H2,1-4H3,(H2,20,22,23). The summed E-state index contributed by atoms with van der Waals surface area (Å²) < 4.78 is 10.4. The van der Waals surface area contributed by atoms with Crippen LogP contribution in [0.5, 0.6) is 5.88 Å². The molecule has 0 bridgehead atoms. The van der Waals surface area contributed by atoms with E-state index in [1.807, 2.05) is 12.1 Å². The van der Waals surface area contributed by atoms with E-state index in [4.69, 9.17) is 9.47 Å². The largest absolute Gasteiger partial charge is 0.475 e. The van der Waals surface area contributed by atoms with Gasteiger partial charge in [0.2, 0.25) is 5.88 Å². The summed E-state index contributed by atoms with van der Waals surface area (Å²) in [5, 5.41) is 8.83. The van der Waals surface area contributed by atoms with Gasteiger partial charge in [0, 0.05) is 49.8 Å². The smallest absolute Gasteiger partial charge is 0.213 e. The summed E-state index contributed by atoms with van der Waals surface area (Å²) in [7, 11) is 3.42. The Bertz CT molecular complexity index is 669. The molecule has 6 nitrogen and oxygen atoms in total. The van der Waals surface area contributed by atoms with Crippen LogP contribution in [-0.4, -0.2) is 44.9 Å². The van der Waals surface area contributed by atoms with Crippen molar-refractivity contribution in [2.45, 2.75) is 25.8 Å². The van der Waals surface area contributed by atoms with E-state index in [0.29, 0.717) is 25.6 Å². The number of aliphatic imine (C=N–C) groups is 1. The van der Waals surface area contributed by atoms with Gasteiger partial charge in [-0.2, -0.15) is 0 Å². The van der Waals surface area contributed by atoms with Gasteiger partial charge in [0.15, 0.2) is 5.96 Å². The highest BCUT2D eigenvalue weighted by Crippen LogP contribution is 2.26. The predicted molar refractivity (Wildman–Crippen MR) is 107 cm³/mol. The Labute approximate surface area is 159 Å². The topological polar surface area (TPSA) is 67.8 Å². The molecule has 0 radical (unpaired) electrons. The van der Waals surface area contributed by atoms with E-state index < -0.39 is 0 Å². The summed E-state index contributed by atoms with van der Waals surface area (Å²) in [5.41, 5.74) is 1.11. The fourth-order valence-electron chi connectivity index (χ4n) is 2.29. The van der Waals surface area contributed by atoms with Gasteiger partial charge < -0.3 is 20.1 Å². The number of thiophene rings is 1. The molecule has 2 heterocycles. The summed E-state index contributed by atoms with van der Waals surface area (Å²) in [6.07, 6.45) is 1.80. The molecular formula is C19H28N4O2S. The van der Waals surface area contributed by atoms with Crippen molar-refractivity contribution < 1.29 is 9.47 Å². The lowest BCUT2D eigenvalue weighted by Gasteiger charge is -2.25. The Morgan fingerprint density at radius 3 is 2.69 bits per heavy atom. The summed E-state index contributed by atoms with van der Waals surface area (Å²) in [4.78, 5) is 9.95. The third-order valence-corrected chi connectivity index (χ3v) is 5.14. The first-order valence-corrected chi connectivity index (χ1v) is 9.48. The van der Waals surface area contributed by atoms with E-state index in [9.17, 15) is 0 Å². The number of ether oxygens (including phenoxy) is 2. The maximum absolute atomic E-state index is 5.47. The average Bonchev–Trinajstić information content (AvgIpc) is 3.19. The van der Waals surface area contributed by atoms with Gasteiger partial charge in [-0.25, -0.2) is 4.98 Å². The Morgan fingerprint density at radius 1 is 1.23 bits per heavy atom. The zero-order valence-electron chi connectivity index (χ0n) is 15.9. The van der Waals surface area contributed by atoms with Crippen molar-refractivity contribution in [1.29, 1.82) is 0 Å². The van der Waals surface area contributed by atoms with Crippen LogP contribution in [0.15, 0.2) is 40.8 Å². The van der Waals surface area contributed by atoms with E-state index in [0.717, 1.165) is 18.1 Å². The highest BCUT2D eigenvalue weighted by atomic mass is 32.1. The molecule has 0 saturated heterocycles. The molecule has 7 heteroatoms. The van der Waals surface area contributed by atoms with Crippen LogP contribution < -0.4 is 15.4 Å². The predicted octanol–water partition coefficient (Wildman–Crippen LogP) is 2.81. The van der Waals surface area contributed by atoms with Gasteiger partial charge in [-0.1, -0.05) is 26.0 Å². The summed E-state index contributed by atoms with van der Waals surface area (Å²) in [6, 6.07) is 8.11. The fourth-order valence-corrected chi connectivity index (χ4v) is 3.14. The highest BCUT2D eigenvalue weighted by molar-refractivity contribution is 7.10. The van der Waals surface area contributed by atoms with Crippen LogP contribution in [0, 0.1) is 0 Å².